The Morgan fingerprint density at radius 2 is 1.96 bits per heavy atom. The van der Waals surface area contributed by atoms with E-state index in [4.69, 9.17) is 0 Å². The van der Waals surface area contributed by atoms with Crippen LogP contribution >= 0.6 is 0 Å². The van der Waals surface area contributed by atoms with Gasteiger partial charge in [-0.2, -0.15) is 0 Å². The van der Waals surface area contributed by atoms with Crippen LogP contribution in [0.5, 0.6) is 0 Å². The normalized spacial score (nSPS) is 12.4. The van der Waals surface area contributed by atoms with Crippen molar-refractivity contribution in [3.8, 4) is 11.3 Å². The van der Waals surface area contributed by atoms with E-state index in [1.165, 1.54) is 34.7 Å². The summed E-state index contributed by atoms with van der Waals surface area (Å²) in [6.07, 6.45) is 9.23. The molecule has 1 atom stereocenters. The first-order chi connectivity index (χ1) is 11.3. The van der Waals surface area contributed by atoms with Gasteiger partial charge >= 0.3 is 0 Å². The average molecular weight is 305 g/mol. The molecule has 0 saturated carbocycles. The minimum absolute atomic E-state index is 0.305. The summed E-state index contributed by atoms with van der Waals surface area (Å²) in [5.41, 5.74) is 3.44. The maximum absolute atomic E-state index is 4.68. The van der Waals surface area contributed by atoms with Gasteiger partial charge in [0.15, 0.2) is 0 Å². The van der Waals surface area contributed by atoms with Crippen LogP contribution in [-0.4, -0.2) is 17.0 Å². The molecule has 0 aliphatic rings. The molecule has 1 aromatic carbocycles. The zero-order valence-corrected chi connectivity index (χ0v) is 13.8. The van der Waals surface area contributed by atoms with Crippen LogP contribution in [0.3, 0.4) is 0 Å². The first kappa shape index (κ1) is 15.6. The number of hydrogen-bond acceptors (Lipinski definition) is 3. The monoisotopic (exact) mass is 305 g/mol. The number of nitrogens with one attached hydrogen (secondary N) is 1. The Hall–Kier alpha value is -2.26. The molecule has 0 bridgehead atoms. The number of fused-ring (bicyclic) bond motifs is 1. The SMILES string of the molecule is CCCC[C@H](NC)c1cnccc1-c1nccc2ccccc12. The van der Waals surface area contributed by atoms with Crippen molar-refractivity contribution >= 4 is 10.8 Å². The fraction of sp³-hybridized carbons (Fsp3) is 0.300. The number of nitrogens with zero attached hydrogens (tertiary/aromatic N) is 2. The molecule has 0 saturated heterocycles. The highest BCUT2D eigenvalue weighted by atomic mass is 14.9. The summed E-state index contributed by atoms with van der Waals surface area (Å²) in [6, 6.07) is 12.9. The maximum atomic E-state index is 4.68. The molecule has 3 aromatic rings. The third kappa shape index (κ3) is 3.25. The van der Waals surface area contributed by atoms with E-state index < -0.39 is 0 Å². The van der Waals surface area contributed by atoms with Crippen molar-refractivity contribution < 1.29 is 0 Å². The van der Waals surface area contributed by atoms with Crippen molar-refractivity contribution in [3.63, 3.8) is 0 Å². The number of aromatic nitrogens is 2. The molecule has 0 aliphatic carbocycles. The molecule has 0 aliphatic heterocycles. The van der Waals surface area contributed by atoms with Crippen molar-refractivity contribution in [1.82, 2.24) is 15.3 Å². The summed E-state index contributed by atoms with van der Waals surface area (Å²) >= 11 is 0. The minimum Gasteiger partial charge on any atom is -0.313 e. The molecule has 2 aromatic heterocycles. The van der Waals surface area contributed by atoms with Crippen LogP contribution in [0.1, 0.15) is 37.8 Å². The van der Waals surface area contributed by atoms with Gasteiger partial charge in [0.2, 0.25) is 0 Å². The summed E-state index contributed by atoms with van der Waals surface area (Å²) < 4.78 is 0. The van der Waals surface area contributed by atoms with Gasteiger partial charge in [-0.15, -0.1) is 0 Å². The molecule has 23 heavy (non-hydrogen) atoms. The number of unbranched alkanes of at least 4 members (excludes halogenated alkanes) is 1. The Kier molecular flexibility index (Phi) is 4.99. The van der Waals surface area contributed by atoms with Gasteiger partial charge < -0.3 is 5.32 Å². The molecule has 3 nitrogen and oxygen atoms in total. The van der Waals surface area contributed by atoms with Crippen LogP contribution in [0.2, 0.25) is 0 Å². The van der Waals surface area contributed by atoms with Crippen molar-refractivity contribution in [2.45, 2.75) is 32.2 Å². The summed E-state index contributed by atoms with van der Waals surface area (Å²) in [7, 11) is 2.02. The predicted molar refractivity (Wildman–Crippen MR) is 96.3 cm³/mol. The molecular weight excluding hydrogens is 282 g/mol. The van der Waals surface area contributed by atoms with Gasteiger partial charge in [0.1, 0.15) is 0 Å². The quantitative estimate of drug-likeness (QED) is 0.714. The second kappa shape index (κ2) is 7.34. The smallest absolute Gasteiger partial charge is 0.0784 e. The lowest BCUT2D eigenvalue weighted by Crippen LogP contribution is -2.17. The van der Waals surface area contributed by atoms with Crippen LogP contribution in [0.25, 0.3) is 22.0 Å². The van der Waals surface area contributed by atoms with Crippen molar-refractivity contribution in [1.29, 1.82) is 0 Å². The molecular formula is C20H23N3. The second-order valence-electron chi connectivity index (χ2n) is 5.83. The second-order valence-corrected chi connectivity index (χ2v) is 5.83. The molecule has 0 fully saturated rings. The van der Waals surface area contributed by atoms with Gasteiger partial charge in [-0.3, -0.25) is 9.97 Å². The molecule has 1 N–H and O–H groups in total. The van der Waals surface area contributed by atoms with E-state index in [1.807, 2.05) is 25.6 Å². The van der Waals surface area contributed by atoms with Crippen LogP contribution in [-0.2, 0) is 0 Å². The molecule has 0 spiro atoms. The fourth-order valence-electron chi connectivity index (χ4n) is 3.10. The van der Waals surface area contributed by atoms with E-state index in [-0.39, 0.29) is 0 Å². The largest absolute Gasteiger partial charge is 0.313 e. The Morgan fingerprint density at radius 1 is 1.09 bits per heavy atom. The Labute approximate surface area is 137 Å². The van der Waals surface area contributed by atoms with Gasteiger partial charge in [-0.1, -0.05) is 44.0 Å². The topological polar surface area (TPSA) is 37.8 Å². The lowest BCUT2D eigenvalue weighted by Gasteiger charge is -2.20. The standard InChI is InChI=1S/C20H23N3/c1-3-4-9-19(21-2)18-14-22-12-11-17(18)20-16-8-6-5-7-15(16)10-13-23-20/h5-8,10-14,19,21H,3-4,9H2,1-2H3/t19-/m0/s1. The summed E-state index contributed by atoms with van der Waals surface area (Å²) in [6.45, 7) is 2.23. The van der Waals surface area contributed by atoms with E-state index in [0.29, 0.717) is 6.04 Å². The summed E-state index contributed by atoms with van der Waals surface area (Å²) in [4.78, 5) is 9.04. The third-order valence-corrected chi connectivity index (χ3v) is 4.35. The highest BCUT2D eigenvalue weighted by molar-refractivity contribution is 5.95. The zero-order valence-electron chi connectivity index (χ0n) is 13.8. The molecule has 0 radical (unpaired) electrons. The van der Waals surface area contributed by atoms with Crippen molar-refractivity contribution in [2.75, 3.05) is 7.05 Å². The van der Waals surface area contributed by atoms with Gasteiger partial charge in [0.25, 0.3) is 0 Å². The van der Waals surface area contributed by atoms with E-state index in [1.54, 1.807) is 0 Å². The summed E-state index contributed by atoms with van der Waals surface area (Å²) in [5.74, 6) is 0. The summed E-state index contributed by atoms with van der Waals surface area (Å²) in [5, 5.41) is 5.85. The average Bonchev–Trinajstić information content (AvgIpc) is 2.62. The molecule has 118 valence electrons. The van der Waals surface area contributed by atoms with Gasteiger partial charge in [-0.25, -0.2) is 0 Å². The Morgan fingerprint density at radius 3 is 2.78 bits per heavy atom. The van der Waals surface area contributed by atoms with Gasteiger partial charge in [-0.05, 0) is 36.6 Å². The van der Waals surface area contributed by atoms with Crippen LogP contribution in [0.15, 0.2) is 55.0 Å². The third-order valence-electron chi connectivity index (χ3n) is 4.35. The van der Waals surface area contributed by atoms with Gasteiger partial charge in [0.05, 0.1) is 5.69 Å². The van der Waals surface area contributed by atoms with Crippen LogP contribution < -0.4 is 5.32 Å². The van der Waals surface area contributed by atoms with Crippen LogP contribution in [0, 0.1) is 0 Å². The van der Waals surface area contributed by atoms with E-state index in [0.717, 1.165) is 12.1 Å². The minimum atomic E-state index is 0.305. The predicted octanol–water partition coefficient (Wildman–Crippen LogP) is 4.75. The Balaban J connectivity index is 2.12. The number of rotatable bonds is 6. The van der Waals surface area contributed by atoms with Crippen molar-refractivity contribution in [3.05, 3.63) is 60.6 Å². The van der Waals surface area contributed by atoms with Crippen molar-refractivity contribution in [2.24, 2.45) is 0 Å². The maximum Gasteiger partial charge on any atom is 0.0784 e. The first-order valence-corrected chi connectivity index (χ1v) is 8.30. The number of pyridine rings is 2. The molecule has 3 rings (SSSR count). The Bertz CT molecular complexity index is 777. The number of benzene rings is 1. The number of hydrogen-bond donors (Lipinski definition) is 1. The van der Waals surface area contributed by atoms with E-state index >= 15 is 0 Å². The lowest BCUT2D eigenvalue weighted by atomic mass is 9.94. The molecule has 0 amide bonds. The highest BCUT2D eigenvalue weighted by Crippen LogP contribution is 2.32. The zero-order chi connectivity index (χ0) is 16.1. The first-order valence-electron chi connectivity index (χ1n) is 8.30. The molecule has 2 heterocycles. The fourth-order valence-corrected chi connectivity index (χ4v) is 3.10. The van der Waals surface area contributed by atoms with Crippen LogP contribution in [0.4, 0.5) is 0 Å². The molecule has 0 unspecified atom stereocenters. The van der Waals surface area contributed by atoms with Gasteiger partial charge in [0, 0.05) is 35.6 Å². The lowest BCUT2D eigenvalue weighted by molar-refractivity contribution is 0.522. The van der Waals surface area contributed by atoms with E-state index in [2.05, 4.69) is 58.6 Å². The van der Waals surface area contributed by atoms with E-state index in [9.17, 15) is 0 Å². The highest BCUT2D eigenvalue weighted by Gasteiger charge is 2.16. The molecule has 3 heteroatoms.